The highest BCUT2D eigenvalue weighted by Crippen LogP contribution is 2.40. The van der Waals surface area contributed by atoms with Gasteiger partial charge in [-0.2, -0.15) is 0 Å². The third-order valence-electron chi connectivity index (χ3n) is 2.97. The third kappa shape index (κ3) is 3.11. The predicted octanol–water partition coefficient (Wildman–Crippen LogP) is 5.89. The summed E-state index contributed by atoms with van der Waals surface area (Å²) in [6, 6.07) is 8.56. The summed E-state index contributed by atoms with van der Waals surface area (Å²) in [6.45, 7) is 1.95. The Hall–Kier alpha value is -0.770. The molecule has 0 aromatic heterocycles. The van der Waals surface area contributed by atoms with Gasteiger partial charge in [0.05, 0.1) is 17.0 Å². The van der Waals surface area contributed by atoms with Crippen LogP contribution in [0.4, 0.5) is 4.39 Å². The van der Waals surface area contributed by atoms with Crippen LogP contribution < -0.4 is 4.74 Å². The molecule has 0 bridgehead atoms. The zero-order chi connectivity index (χ0) is 14.9. The molecule has 1 unspecified atom stereocenters. The van der Waals surface area contributed by atoms with Crippen LogP contribution in [0.2, 0.25) is 5.02 Å². The van der Waals surface area contributed by atoms with Crippen LogP contribution in [0.1, 0.15) is 22.1 Å². The maximum absolute atomic E-state index is 13.5. The van der Waals surface area contributed by atoms with Gasteiger partial charge in [-0.3, -0.25) is 0 Å². The van der Waals surface area contributed by atoms with E-state index in [2.05, 4.69) is 15.9 Å². The molecule has 5 heteroatoms. The molecule has 0 spiro atoms. The van der Waals surface area contributed by atoms with Crippen molar-refractivity contribution in [3.05, 3.63) is 62.3 Å². The zero-order valence-corrected chi connectivity index (χ0v) is 14.0. The smallest absolute Gasteiger partial charge is 0.141 e. The first-order valence-corrected chi connectivity index (χ1v) is 7.48. The fourth-order valence-corrected chi connectivity index (χ4v) is 3.05. The second-order valence-electron chi connectivity index (χ2n) is 4.40. The second kappa shape index (κ2) is 6.33. The van der Waals surface area contributed by atoms with Crippen molar-refractivity contribution in [1.29, 1.82) is 0 Å². The number of aryl methyl sites for hydroxylation is 1. The van der Waals surface area contributed by atoms with E-state index in [1.165, 1.54) is 13.2 Å². The minimum absolute atomic E-state index is 0.335. The Bertz CT molecular complexity index is 646. The van der Waals surface area contributed by atoms with Crippen LogP contribution >= 0.6 is 39.1 Å². The summed E-state index contributed by atoms with van der Waals surface area (Å²) >= 11 is 15.9. The molecule has 0 fully saturated rings. The van der Waals surface area contributed by atoms with Crippen molar-refractivity contribution in [3.8, 4) is 5.75 Å². The van der Waals surface area contributed by atoms with Gasteiger partial charge in [-0.05, 0) is 46.1 Å². The van der Waals surface area contributed by atoms with Gasteiger partial charge < -0.3 is 4.74 Å². The van der Waals surface area contributed by atoms with Crippen molar-refractivity contribution < 1.29 is 9.13 Å². The number of alkyl halides is 1. The molecule has 2 rings (SSSR count). The van der Waals surface area contributed by atoms with Gasteiger partial charge in [0.2, 0.25) is 0 Å². The Labute approximate surface area is 135 Å². The third-order valence-corrected chi connectivity index (χ3v) is 4.38. The van der Waals surface area contributed by atoms with Crippen LogP contribution in [0.15, 0.2) is 34.8 Å². The molecule has 1 atom stereocenters. The molecule has 0 saturated carbocycles. The van der Waals surface area contributed by atoms with Crippen molar-refractivity contribution in [2.45, 2.75) is 12.3 Å². The minimum Gasteiger partial charge on any atom is -0.496 e. The van der Waals surface area contributed by atoms with Crippen LogP contribution in [0.25, 0.3) is 0 Å². The van der Waals surface area contributed by atoms with Gasteiger partial charge in [0, 0.05) is 16.7 Å². The molecule has 0 aliphatic rings. The van der Waals surface area contributed by atoms with Crippen molar-refractivity contribution in [1.82, 2.24) is 0 Å². The highest BCUT2D eigenvalue weighted by molar-refractivity contribution is 9.10. The van der Waals surface area contributed by atoms with Crippen LogP contribution in [0.5, 0.6) is 5.75 Å². The largest absolute Gasteiger partial charge is 0.496 e. The number of rotatable bonds is 3. The summed E-state index contributed by atoms with van der Waals surface area (Å²) in [5.41, 5.74) is 2.47. The molecule has 0 amide bonds. The summed E-state index contributed by atoms with van der Waals surface area (Å²) in [7, 11) is 1.48. The standard InChI is InChI=1S/C15H12BrCl2FO/c1-8-3-4-9(12(17)5-8)15(18)10-6-11(16)13(19)7-14(10)20-2/h3-7,15H,1-2H3. The van der Waals surface area contributed by atoms with Crippen LogP contribution in [0.3, 0.4) is 0 Å². The average Bonchev–Trinajstić information content (AvgIpc) is 2.40. The van der Waals surface area contributed by atoms with E-state index < -0.39 is 11.2 Å². The number of halogens is 4. The molecule has 106 valence electrons. The Morgan fingerprint density at radius 2 is 1.90 bits per heavy atom. The number of hydrogen-bond acceptors (Lipinski definition) is 1. The Morgan fingerprint density at radius 1 is 1.20 bits per heavy atom. The van der Waals surface area contributed by atoms with Gasteiger partial charge in [-0.1, -0.05) is 23.7 Å². The van der Waals surface area contributed by atoms with Crippen molar-refractivity contribution in [3.63, 3.8) is 0 Å². The van der Waals surface area contributed by atoms with Gasteiger partial charge >= 0.3 is 0 Å². The first-order chi connectivity index (χ1) is 9.43. The number of benzene rings is 2. The van der Waals surface area contributed by atoms with E-state index in [1.807, 2.05) is 25.1 Å². The molecule has 1 nitrogen and oxygen atoms in total. The lowest BCUT2D eigenvalue weighted by Gasteiger charge is -2.16. The summed E-state index contributed by atoms with van der Waals surface area (Å²) < 4.78 is 19.1. The predicted molar refractivity (Wildman–Crippen MR) is 84.5 cm³/mol. The van der Waals surface area contributed by atoms with Crippen LogP contribution in [0, 0.1) is 12.7 Å². The zero-order valence-electron chi connectivity index (χ0n) is 10.9. The summed E-state index contributed by atoms with van der Waals surface area (Å²) in [5.74, 6) is -0.00758. The van der Waals surface area contributed by atoms with Crippen LogP contribution in [-0.4, -0.2) is 7.11 Å². The summed E-state index contributed by atoms with van der Waals surface area (Å²) in [5, 5.41) is 0.0578. The number of ether oxygens (including phenoxy) is 1. The van der Waals surface area contributed by atoms with Gasteiger partial charge in [0.15, 0.2) is 0 Å². The number of methoxy groups -OCH3 is 1. The highest BCUT2D eigenvalue weighted by atomic mass is 79.9. The van der Waals surface area contributed by atoms with Crippen LogP contribution in [-0.2, 0) is 0 Å². The van der Waals surface area contributed by atoms with E-state index in [1.54, 1.807) is 6.07 Å². The topological polar surface area (TPSA) is 9.23 Å². The molecular formula is C15H12BrCl2FO. The lowest BCUT2D eigenvalue weighted by molar-refractivity contribution is 0.406. The lowest BCUT2D eigenvalue weighted by atomic mass is 10.0. The maximum atomic E-state index is 13.5. The van der Waals surface area contributed by atoms with Gasteiger partial charge in [-0.25, -0.2) is 4.39 Å². The molecule has 2 aromatic carbocycles. The second-order valence-corrected chi connectivity index (χ2v) is 6.09. The molecule has 20 heavy (non-hydrogen) atoms. The first-order valence-electron chi connectivity index (χ1n) is 5.87. The molecule has 0 aliphatic carbocycles. The Kier molecular flexibility index (Phi) is 4.95. The monoisotopic (exact) mass is 376 g/mol. The fraction of sp³-hybridized carbons (Fsp3) is 0.200. The Morgan fingerprint density at radius 3 is 2.50 bits per heavy atom. The first kappa shape index (κ1) is 15.6. The fourth-order valence-electron chi connectivity index (χ4n) is 1.92. The van der Waals surface area contributed by atoms with Gasteiger partial charge in [-0.15, -0.1) is 11.6 Å². The SMILES string of the molecule is COc1cc(F)c(Br)cc1C(Cl)c1ccc(C)cc1Cl. The van der Waals surface area contributed by atoms with E-state index >= 15 is 0 Å². The van der Waals surface area contributed by atoms with E-state index in [0.29, 0.717) is 20.8 Å². The molecule has 0 aliphatic heterocycles. The van der Waals surface area contributed by atoms with Gasteiger partial charge in [0.1, 0.15) is 11.6 Å². The molecule has 0 radical (unpaired) electrons. The highest BCUT2D eigenvalue weighted by Gasteiger charge is 2.20. The average molecular weight is 378 g/mol. The molecular weight excluding hydrogens is 366 g/mol. The van der Waals surface area contributed by atoms with E-state index in [-0.39, 0.29) is 0 Å². The quantitative estimate of drug-likeness (QED) is 0.606. The Balaban J connectivity index is 2.52. The molecule has 0 N–H and O–H groups in total. The minimum atomic E-state index is -0.519. The maximum Gasteiger partial charge on any atom is 0.141 e. The molecule has 2 aromatic rings. The van der Waals surface area contributed by atoms with E-state index in [4.69, 9.17) is 27.9 Å². The van der Waals surface area contributed by atoms with Gasteiger partial charge in [0.25, 0.3) is 0 Å². The lowest BCUT2D eigenvalue weighted by Crippen LogP contribution is -2.00. The molecule has 0 saturated heterocycles. The van der Waals surface area contributed by atoms with Crippen molar-refractivity contribution >= 4 is 39.1 Å². The van der Waals surface area contributed by atoms with E-state index in [9.17, 15) is 4.39 Å². The number of hydrogen-bond donors (Lipinski definition) is 0. The summed E-state index contributed by atoms with van der Waals surface area (Å²) in [6.07, 6.45) is 0. The van der Waals surface area contributed by atoms with E-state index in [0.717, 1.165) is 11.1 Å². The molecule has 0 heterocycles. The van der Waals surface area contributed by atoms with Crippen molar-refractivity contribution in [2.24, 2.45) is 0 Å². The summed E-state index contributed by atoms with van der Waals surface area (Å²) in [4.78, 5) is 0. The van der Waals surface area contributed by atoms with Crippen molar-refractivity contribution in [2.75, 3.05) is 7.11 Å². The normalized spacial score (nSPS) is 12.3.